The summed E-state index contributed by atoms with van der Waals surface area (Å²) in [6, 6.07) is 11.9. The lowest BCUT2D eigenvalue weighted by Gasteiger charge is -2.37. The Balaban J connectivity index is 1.45. The van der Waals surface area contributed by atoms with Gasteiger partial charge in [0.1, 0.15) is 5.75 Å². The van der Waals surface area contributed by atoms with Gasteiger partial charge in [0.25, 0.3) is 0 Å². The first-order valence-electron chi connectivity index (χ1n) is 9.17. The van der Waals surface area contributed by atoms with E-state index < -0.39 is 0 Å². The summed E-state index contributed by atoms with van der Waals surface area (Å²) in [7, 11) is 1.65. The van der Waals surface area contributed by atoms with Crippen LogP contribution in [0.3, 0.4) is 0 Å². The van der Waals surface area contributed by atoms with Gasteiger partial charge >= 0.3 is 0 Å². The number of halogens is 1. The van der Waals surface area contributed by atoms with E-state index in [1.165, 1.54) is 8.66 Å². The average molecular weight is 452 g/mol. The zero-order chi connectivity index (χ0) is 19.2. The first kappa shape index (κ1) is 20.3. The largest absolute Gasteiger partial charge is 0.496 e. The van der Waals surface area contributed by atoms with Gasteiger partial charge in [0.05, 0.1) is 16.9 Å². The van der Waals surface area contributed by atoms with E-state index in [1.54, 1.807) is 18.4 Å². The van der Waals surface area contributed by atoms with Crippen LogP contribution >= 0.6 is 27.3 Å². The maximum Gasteiger partial charge on any atom is 0.237 e. The molecular weight excluding hydrogens is 426 g/mol. The van der Waals surface area contributed by atoms with Crippen molar-refractivity contribution in [2.24, 2.45) is 0 Å². The SMILES string of the molecule is COc1ccccc1CNC(=O)[C@@H](C)N1CCN(Cc2ccc(Br)s2)CC1. The van der Waals surface area contributed by atoms with E-state index in [2.05, 4.69) is 43.2 Å². The van der Waals surface area contributed by atoms with Gasteiger partial charge in [0, 0.05) is 49.7 Å². The van der Waals surface area contributed by atoms with Gasteiger partial charge in [0.15, 0.2) is 0 Å². The Bertz CT molecular complexity index is 759. The van der Waals surface area contributed by atoms with E-state index in [0.29, 0.717) is 6.54 Å². The molecule has 27 heavy (non-hydrogen) atoms. The summed E-state index contributed by atoms with van der Waals surface area (Å²) in [4.78, 5) is 18.7. The van der Waals surface area contributed by atoms with Crippen LogP contribution in [0.4, 0.5) is 0 Å². The number of amides is 1. The molecule has 0 bridgehead atoms. The lowest BCUT2D eigenvalue weighted by Crippen LogP contribution is -2.53. The van der Waals surface area contributed by atoms with Gasteiger partial charge in [-0.05, 0) is 41.1 Å². The molecule has 0 unspecified atom stereocenters. The van der Waals surface area contributed by atoms with E-state index in [4.69, 9.17) is 4.74 Å². The average Bonchev–Trinajstić information content (AvgIpc) is 3.11. The van der Waals surface area contributed by atoms with Gasteiger partial charge in [-0.15, -0.1) is 11.3 Å². The van der Waals surface area contributed by atoms with Crippen LogP contribution in [0.25, 0.3) is 0 Å². The Morgan fingerprint density at radius 3 is 2.63 bits per heavy atom. The molecule has 1 saturated heterocycles. The fourth-order valence-corrected chi connectivity index (χ4v) is 4.84. The molecule has 146 valence electrons. The monoisotopic (exact) mass is 451 g/mol. The van der Waals surface area contributed by atoms with Crippen LogP contribution in [0.1, 0.15) is 17.4 Å². The highest BCUT2D eigenvalue weighted by molar-refractivity contribution is 9.11. The Hall–Kier alpha value is -1.41. The summed E-state index contributed by atoms with van der Waals surface area (Å²) in [5.74, 6) is 0.871. The minimum atomic E-state index is -0.127. The molecule has 3 rings (SSSR count). The molecule has 0 aliphatic carbocycles. The van der Waals surface area contributed by atoms with Gasteiger partial charge in [-0.2, -0.15) is 0 Å². The number of piperazine rings is 1. The topological polar surface area (TPSA) is 44.8 Å². The molecule has 1 aliphatic heterocycles. The van der Waals surface area contributed by atoms with Crippen LogP contribution in [0.5, 0.6) is 5.75 Å². The molecule has 2 heterocycles. The van der Waals surface area contributed by atoms with E-state index in [-0.39, 0.29) is 11.9 Å². The standard InChI is InChI=1S/C20H26BrN3O2S/c1-15(20(25)22-13-16-5-3-4-6-18(16)26-2)24-11-9-23(10-12-24)14-17-7-8-19(21)27-17/h3-8,15H,9-14H2,1-2H3,(H,22,25)/t15-/m1/s1. The van der Waals surface area contributed by atoms with Crippen LogP contribution in [0.15, 0.2) is 40.2 Å². The first-order chi connectivity index (χ1) is 13.1. The Morgan fingerprint density at radius 2 is 1.96 bits per heavy atom. The van der Waals surface area contributed by atoms with Crippen LogP contribution in [-0.4, -0.2) is 55.0 Å². The van der Waals surface area contributed by atoms with Gasteiger partial charge in [0.2, 0.25) is 5.91 Å². The molecule has 2 aromatic rings. The third-order valence-corrected chi connectivity index (χ3v) is 6.60. The fourth-order valence-electron chi connectivity index (χ4n) is 3.31. The minimum Gasteiger partial charge on any atom is -0.496 e. The van der Waals surface area contributed by atoms with Crippen molar-refractivity contribution in [3.05, 3.63) is 50.6 Å². The first-order valence-corrected chi connectivity index (χ1v) is 10.8. The summed E-state index contributed by atoms with van der Waals surface area (Å²) in [5.41, 5.74) is 0.993. The van der Waals surface area contributed by atoms with E-state index >= 15 is 0 Å². The number of rotatable bonds is 7. The summed E-state index contributed by atoms with van der Waals surface area (Å²) in [6.07, 6.45) is 0. The molecule has 1 aliphatic rings. The molecule has 7 heteroatoms. The van der Waals surface area contributed by atoms with Crippen molar-refractivity contribution in [2.75, 3.05) is 33.3 Å². The van der Waals surface area contributed by atoms with E-state index in [9.17, 15) is 4.79 Å². The van der Waals surface area contributed by atoms with Crippen molar-refractivity contribution < 1.29 is 9.53 Å². The zero-order valence-corrected chi connectivity index (χ0v) is 18.2. The summed E-state index contributed by atoms with van der Waals surface area (Å²) < 4.78 is 6.52. The molecule has 1 amide bonds. The molecule has 1 fully saturated rings. The Labute approximate surface area is 173 Å². The predicted octanol–water partition coefficient (Wildman–Crippen LogP) is 3.34. The number of methoxy groups -OCH3 is 1. The number of nitrogens with one attached hydrogen (secondary N) is 1. The maximum absolute atomic E-state index is 12.6. The molecule has 0 saturated carbocycles. The molecule has 1 N–H and O–H groups in total. The lowest BCUT2D eigenvalue weighted by atomic mass is 10.1. The van der Waals surface area contributed by atoms with Gasteiger partial charge < -0.3 is 10.1 Å². The van der Waals surface area contributed by atoms with E-state index in [1.807, 2.05) is 31.2 Å². The number of thiophene rings is 1. The van der Waals surface area contributed by atoms with Crippen molar-refractivity contribution in [3.8, 4) is 5.75 Å². The quantitative estimate of drug-likeness (QED) is 0.700. The van der Waals surface area contributed by atoms with Gasteiger partial charge in [-0.1, -0.05) is 18.2 Å². The van der Waals surface area contributed by atoms with Crippen molar-refractivity contribution in [1.29, 1.82) is 0 Å². The molecule has 5 nitrogen and oxygen atoms in total. The highest BCUT2D eigenvalue weighted by atomic mass is 79.9. The van der Waals surface area contributed by atoms with Crippen LogP contribution in [0, 0.1) is 0 Å². The van der Waals surface area contributed by atoms with Crippen LogP contribution < -0.4 is 10.1 Å². The number of hydrogen-bond donors (Lipinski definition) is 1. The predicted molar refractivity (Wildman–Crippen MR) is 113 cm³/mol. The third kappa shape index (κ3) is 5.54. The summed E-state index contributed by atoms with van der Waals surface area (Å²) in [6.45, 7) is 7.26. The van der Waals surface area contributed by atoms with Crippen LogP contribution in [-0.2, 0) is 17.9 Å². The minimum absolute atomic E-state index is 0.0662. The molecule has 0 radical (unpaired) electrons. The smallest absolute Gasteiger partial charge is 0.237 e. The van der Waals surface area contributed by atoms with Crippen molar-refractivity contribution >= 4 is 33.2 Å². The number of nitrogens with zero attached hydrogens (tertiary/aromatic N) is 2. The second kappa shape index (κ2) is 9.68. The highest BCUT2D eigenvalue weighted by Crippen LogP contribution is 2.24. The number of carbonyl (C=O) groups excluding carboxylic acids is 1. The molecule has 1 atom stereocenters. The zero-order valence-electron chi connectivity index (χ0n) is 15.8. The summed E-state index contributed by atoms with van der Waals surface area (Å²) in [5, 5.41) is 3.05. The van der Waals surface area contributed by atoms with Crippen molar-refractivity contribution in [2.45, 2.75) is 26.1 Å². The third-order valence-electron chi connectivity index (χ3n) is 4.99. The normalized spacial score (nSPS) is 16.9. The number of benzene rings is 1. The second-order valence-corrected chi connectivity index (χ2v) is 9.27. The van der Waals surface area contributed by atoms with E-state index in [0.717, 1.165) is 44.0 Å². The van der Waals surface area contributed by atoms with Crippen LogP contribution in [0.2, 0.25) is 0 Å². The van der Waals surface area contributed by atoms with Gasteiger partial charge in [-0.3, -0.25) is 14.6 Å². The number of hydrogen-bond acceptors (Lipinski definition) is 5. The van der Waals surface area contributed by atoms with Crippen molar-refractivity contribution in [3.63, 3.8) is 0 Å². The second-order valence-electron chi connectivity index (χ2n) is 6.72. The lowest BCUT2D eigenvalue weighted by molar-refractivity contribution is -0.126. The highest BCUT2D eigenvalue weighted by Gasteiger charge is 2.25. The number of ether oxygens (including phenoxy) is 1. The molecule has 1 aromatic heterocycles. The molecule has 0 spiro atoms. The number of carbonyl (C=O) groups is 1. The number of para-hydroxylation sites is 1. The molecular formula is C20H26BrN3O2S. The molecule has 1 aromatic carbocycles. The summed E-state index contributed by atoms with van der Waals surface area (Å²) >= 11 is 5.31. The Morgan fingerprint density at radius 1 is 1.22 bits per heavy atom. The van der Waals surface area contributed by atoms with Gasteiger partial charge in [-0.25, -0.2) is 0 Å². The Kier molecular flexibility index (Phi) is 7.29. The maximum atomic E-state index is 12.6. The fraction of sp³-hybridized carbons (Fsp3) is 0.450. The van der Waals surface area contributed by atoms with Crippen molar-refractivity contribution in [1.82, 2.24) is 15.1 Å².